The van der Waals surface area contributed by atoms with Gasteiger partial charge in [-0.1, -0.05) is 13.8 Å². The predicted molar refractivity (Wildman–Crippen MR) is 111 cm³/mol. The maximum absolute atomic E-state index is 9.50. The van der Waals surface area contributed by atoms with E-state index in [0.29, 0.717) is 19.0 Å². The van der Waals surface area contributed by atoms with Crippen molar-refractivity contribution in [2.24, 2.45) is 0 Å². The molecule has 0 aliphatic heterocycles. The van der Waals surface area contributed by atoms with E-state index < -0.39 is 0 Å². The quantitative estimate of drug-likeness (QED) is 0.494. The molecule has 8 nitrogen and oxygen atoms in total. The Balaban J connectivity index is 1.72. The highest BCUT2D eigenvalue weighted by molar-refractivity contribution is 5.78. The predicted octanol–water partition coefficient (Wildman–Crippen LogP) is 3.59. The molecule has 0 unspecified atom stereocenters. The number of aliphatic hydroxyl groups excluding tert-OH is 1. The molecule has 152 valence electrons. The molecule has 0 saturated carbocycles. The maximum Gasteiger partial charge on any atom is 0.0999 e. The number of fused-ring (bicyclic) bond motifs is 1. The summed E-state index contributed by atoms with van der Waals surface area (Å²) in [7, 11) is 0. The number of aryl methyl sites for hydroxylation is 1. The minimum Gasteiger partial charge on any atom is -0.393 e. The number of nitrogens with zero attached hydrogens (tertiary/aromatic N) is 7. The molecule has 4 rings (SSSR count). The van der Waals surface area contributed by atoms with Crippen LogP contribution in [0.5, 0.6) is 0 Å². The van der Waals surface area contributed by atoms with Gasteiger partial charge in [0.05, 0.1) is 53.8 Å². The highest BCUT2D eigenvalue weighted by atomic mass is 16.3. The molecule has 8 heteroatoms. The number of aliphatic hydroxyl groups is 1. The standard InChI is InChI=1S/C21H27N7O/c1-4-18(5-2)27-13-17(11-24-27)21-20-6-8-22-28(20)14-19(25-21)16-10-23-26(12-16)9-7-15(3)29/h6,8,10-15,18,29H,4-5,7,9H2,1-3H3/t15-/m0/s1. The van der Waals surface area contributed by atoms with Crippen molar-refractivity contribution in [3.8, 4) is 22.5 Å². The Morgan fingerprint density at radius 1 is 1.00 bits per heavy atom. The van der Waals surface area contributed by atoms with Crippen LogP contribution in [0.3, 0.4) is 0 Å². The van der Waals surface area contributed by atoms with Gasteiger partial charge >= 0.3 is 0 Å². The molecule has 4 heterocycles. The van der Waals surface area contributed by atoms with Crippen molar-refractivity contribution in [3.63, 3.8) is 0 Å². The summed E-state index contributed by atoms with van der Waals surface area (Å²) in [4.78, 5) is 4.93. The third-order valence-corrected chi connectivity index (χ3v) is 5.29. The Morgan fingerprint density at radius 2 is 1.79 bits per heavy atom. The zero-order chi connectivity index (χ0) is 20.4. The largest absolute Gasteiger partial charge is 0.393 e. The third-order valence-electron chi connectivity index (χ3n) is 5.29. The molecule has 0 radical (unpaired) electrons. The monoisotopic (exact) mass is 393 g/mol. The first-order valence-corrected chi connectivity index (χ1v) is 10.2. The van der Waals surface area contributed by atoms with Gasteiger partial charge in [0.25, 0.3) is 0 Å². The second-order valence-electron chi connectivity index (χ2n) is 7.44. The first kappa shape index (κ1) is 19.3. The zero-order valence-electron chi connectivity index (χ0n) is 17.1. The molecule has 0 fully saturated rings. The van der Waals surface area contributed by atoms with Crippen LogP contribution in [0, 0.1) is 0 Å². The number of rotatable bonds is 8. The van der Waals surface area contributed by atoms with Gasteiger partial charge in [-0.3, -0.25) is 9.36 Å². The van der Waals surface area contributed by atoms with Crippen LogP contribution < -0.4 is 0 Å². The second-order valence-corrected chi connectivity index (χ2v) is 7.44. The van der Waals surface area contributed by atoms with E-state index in [4.69, 9.17) is 4.98 Å². The van der Waals surface area contributed by atoms with Gasteiger partial charge in [-0.2, -0.15) is 15.3 Å². The molecule has 0 amide bonds. The molecule has 0 bridgehead atoms. The summed E-state index contributed by atoms with van der Waals surface area (Å²) >= 11 is 0. The van der Waals surface area contributed by atoms with Crippen LogP contribution in [0.4, 0.5) is 0 Å². The number of aromatic nitrogens is 7. The maximum atomic E-state index is 9.50. The Kier molecular flexibility index (Phi) is 5.44. The van der Waals surface area contributed by atoms with E-state index in [0.717, 1.165) is 40.9 Å². The van der Waals surface area contributed by atoms with Crippen molar-refractivity contribution in [2.45, 2.75) is 58.7 Å². The summed E-state index contributed by atoms with van der Waals surface area (Å²) in [5.41, 5.74) is 4.50. The zero-order valence-corrected chi connectivity index (χ0v) is 17.1. The second kappa shape index (κ2) is 8.16. The molecule has 4 aromatic heterocycles. The van der Waals surface area contributed by atoms with Crippen LogP contribution in [0.15, 0.2) is 43.2 Å². The molecule has 0 aromatic carbocycles. The molecule has 0 spiro atoms. The van der Waals surface area contributed by atoms with Crippen LogP contribution >= 0.6 is 0 Å². The van der Waals surface area contributed by atoms with Gasteiger partial charge in [0.1, 0.15) is 0 Å². The average molecular weight is 393 g/mol. The molecule has 29 heavy (non-hydrogen) atoms. The van der Waals surface area contributed by atoms with Crippen LogP contribution in [-0.4, -0.2) is 45.4 Å². The van der Waals surface area contributed by atoms with Crippen LogP contribution in [0.2, 0.25) is 0 Å². The van der Waals surface area contributed by atoms with Gasteiger partial charge in [0.2, 0.25) is 0 Å². The topological polar surface area (TPSA) is 86.1 Å². The normalized spacial score (nSPS) is 12.9. The highest BCUT2D eigenvalue weighted by Gasteiger charge is 2.15. The molecular weight excluding hydrogens is 366 g/mol. The Labute approximate surface area is 169 Å². The van der Waals surface area contributed by atoms with E-state index in [-0.39, 0.29) is 6.10 Å². The molecule has 1 N–H and O–H groups in total. The smallest absolute Gasteiger partial charge is 0.0999 e. The Hall–Kier alpha value is -3.00. The summed E-state index contributed by atoms with van der Waals surface area (Å²) in [5.74, 6) is 0. The van der Waals surface area contributed by atoms with Gasteiger partial charge in [-0.05, 0) is 32.3 Å². The van der Waals surface area contributed by atoms with Crippen molar-refractivity contribution < 1.29 is 5.11 Å². The fourth-order valence-electron chi connectivity index (χ4n) is 3.54. The molecule has 4 aromatic rings. The Morgan fingerprint density at radius 3 is 2.55 bits per heavy atom. The fraction of sp³-hybridized carbons (Fsp3) is 0.429. The van der Waals surface area contributed by atoms with Crippen molar-refractivity contribution in [1.82, 2.24) is 34.2 Å². The van der Waals surface area contributed by atoms with Crippen LogP contribution in [0.1, 0.15) is 46.1 Å². The van der Waals surface area contributed by atoms with Crippen molar-refractivity contribution in [3.05, 3.63) is 43.2 Å². The lowest BCUT2D eigenvalue weighted by molar-refractivity contribution is 0.176. The lowest BCUT2D eigenvalue weighted by atomic mass is 10.1. The first-order valence-electron chi connectivity index (χ1n) is 10.2. The van der Waals surface area contributed by atoms with Crippen LogP contribution in [-0.2, 0) is 6.54 Å². The van der Waals surface area contributed by atoms with Crippen molar-refractivity contribution in [1.29, 1.82) is 0 Å². The van der Waals surface area contributed by atoms with Crippen molar-refractivity contribution in [2.75, 3.05) is 0 Å². The van der Waals surface area contributed by atoms with Gasteiger partial charge in [0.15, 0.2) is 0 Å². The number of hydrogen-bond donors (Lipinski definition) is 1. The van der Waals surface area contributed by atoms with Gasteiger partial charge in [0, 0.05) is 30.1 Å². The van der Waals surface area contributed by atoms with E-state index in [1.165, 1.54) is 0 Å². The number of hydrogen-bond acceptors (Lipinski definition) is 5. The summed E-state index contributed by atoms with van der Waals surface area (Å²) in [5, 5.41) is 22.9. The minimum atomic E-state index is -0.348. The summed E-state index contributed by atoms with van der Waals surface area (Å²) < 4.78 is 5.71. The molecule has 0 saturated heterocycles. The first-order chi connectivity index (χ1) is 14.1. The SMILES string of the molecule is CCC(CC)n1cc(-c2nc(-c3cnn(CC[C@H](C)O)c3)cn3nccc23)cn1. The van der Waals surface area contributed by atoms with E-state index >= 15 is 0 Å². The fourth-order valence-corrected chi connectivity index (χ4v) is 3.54. The molecule has 0 aliphatic rings. The lowest BCUT2D eigenvalue weighted by Gasteiger charge is -2.12. The third kappa shape index (κ3) is 3.93. The Bertz CT molecular complexity index is 1090. The van der Waals surface area contributed by atoms with Crippen molar-refractivity contribution >= 4 is 5.52 Å². The van der Waals surface area contributed by atoms with E-state index in [1.54, 1.807) is 19.3 Å². The van der Waals surface area contributed by atoms with E-state index in [1.807, 2.05) is 38.5 Å². The molecule has 0 aliphatic carbocycles. The van der Waals surface area contributed by atoms with Crippen LogP contribution in [0.25, 0.3) is 28.0 Å². The van der Waals surface area contributed by atoms with Gasteiger partial charge in [-0.25, -0.2) is 9.50 Å². The summed E-state index contributed by atoms with van der Waals surface area (Å²) in [6.45, 7) is 6.81. The van der Waals surface area contributed by atoms with E-state index in [2.05, 4.69) is 35.3 Å². The van der Waals surface area contributed by atoms with E-state index in [9.17, 15) is 5.11 Å². The van der Waals surface area contributed by atoms with Gasteiger partial charge < -0.3 is 5.11 Å². The molecular formula is C21H27N7O. The van der Waals surface area contributed by atoms with Gasteiger partial charge in [-0.15, -0.1) is 0 Å². The summed E-state index contributed by atoms with van der Waals surface area (Å²) in [6, 6.07) is 2.35. The highest BCUT2D eigenvalue weighted by Crippen LogP contribution is 2.27. The minimum absolute atomic E-state index is 0.348. The lowest BCUT2D eigenvalue weighted by Crippen LogP contribution is -2.07. The summed E-state index contributed by atoms with van der Waals surface area (Å²) in [6.07, 6.45) is 13.8. The molecule has 1 atom stereocenters. The average Bonchev–Trinajstić information content (AvgIpc) is 3.46.